The van der Waals surface area contributed by atoms with E-state index in [0.29, 0.717) is 20.9 Å². The molecule has 0 saturated carbocycles. The van der Waals surface area contributed by atoms with Gasteiger partial charge in [-0.15, -0.1) is 0 Å². The van der Waals surface area contributed by atoms with E-state index in [9.17, 15) is 4.79 Å². The summed E-state index contributed by atoms with van der Waals surface area (Å²) in [5, 5.41) is 3.69. The molecule has 1 aliphatic heterocycles. The Labute approximate surface area is 153 Å². The summed E-state index contributed by atoms with van der Waals surface area (Å²) >= 11 is 7.52. The molecule has 25 heavy (non-hydrogen) atoms. The molecule has 1 saturated heterocycles. The third kappa shape index (κ3) is 3.18. The number of fused-ring (bicyclic) bond motifs is 1. The Bertz CT molecular complexity index is 1050. The molecule has 0 atom stereocenters. The van der Waals surface area contributed by atoms with Crippen molar-refractivity contribution in [2.45, 2.75) is 6.92 Å². The van der Waals surface area contributed by atoms with Crippen molar-refractivity contribution < 1.29 is 4.79 Å². The zero-order valence-electron chi connectivity index (χ0n) is 13.2. The van der Waals surface area contributed by atoms with Gasteiger partial charge in [-0.3, -0.25) is 9.20 Å². The van der Waals surface area contributed by atoms with Crippen molar-refractivity contribution in [1.29, 1.82) is 0 Å². The molecule has 2 aromatic heterocycles. The molecule has 3 heterocycles. The van der Waals surface area contributed by atoms with Crippen molar-refractivity contribution in [3.05, 3.63) is 70.0 Å². The van der Waals surface area contributed by atoms with Crippen molar-refractivity contribution in [2.75, 3.05) is 0 Å². The van der Waals surface area contributed by atoms with Crippen LogP contribution in [0, 0.1) is 6.92 Å². The second-order valence-electron chi connectivity index (χ2n) is 5.54. The summed E-state index contributed by atoms with van der Waals surface area (Å²) in [5.41, 5.74) is 3.32. The number of halogens is 1. The van der Waals surface area contributed by atoms with Crippen LogP contribution < -0.4 is 5.32 Å². The number of imidazole rings is 1. The molecule has 4 rings (SSSR count). The fourth-order valence-electron chi connectivity index (χ4n) is 2.53. The van der Waals surface area contributed by atoms with Gasteiger partial charge >= 0.3 is 0 Å². The SMILES string of the molecule is Cc1cccc(N=C2NC(=O)/C(=C/c3c(Cl)nc4ccccn34)S2)c1. The van der Waals surface area contributed by atoms with E-state index in [1.165, 1.54) is 11.8 Å². The fraction of sp³-hybridized carbons (Fsp3) is 0.0556. The van der Waals surface area contributed by atoms with Crippen molar-refractivity contribution in [3.8, 4) is 0 Å². The third-order valence-corrected chi connectivity index (χ3v) is 4.86. The smallest absolute Gasteiger partial charge is 0.264 e. The molecule has 1 aliphatic rings. The number of aliphatic imine (C=N–C) groups is 1. The largest absolute Gasteiger partial charge is 0.300 e. The molecule has 124 valence electrons. The van der Waals surface area contributed by atoms with E-state index in [2.05, 4.69) is 15.3 Å². The number of hydrogen-bond acceptors (Lipinski definition) is 4. The Hall–Kier alpha value is -2.57. The van der Waals surface area contributed by atoms with Gasteiger partial charge in [0.15, 0.2) is 10.3 Å². The van der Waals surface area contributed by atoms with Crippen molar-refractivity contribution in [1.82, 2.24) is 14.7 Å². The Balaban J connectivity index is 1.68. The molecule has 1 N–H and O–H groups in total. The molecule has 1 fully saturated rings. The third-order valence-electron chi connectivity index (χ3n) is 3.67. The lowest BCUT2D eigenvalue weighted by molar-refractivity contribution is -0.115. The van der Waals surface area contributed by atoms with Crippen molar-refractivity contribution >= 4 is 51.8 Å². The molecule has 3 aromatic rings. The first kappa shape index (κ1) is 15.9. The lowest BCUT2D eigenvalue weighted by Gasteiger charge is -1.97. The summed E-state index contributed by atoms with van der Waals surface area (Å²) < 4.78 is 1.85. The van der Waals surface area contributed by atoms with Crippen LogP contribution in [-0.2, 0) is 4.79 Å². The van der Waals surface area contributed by atoms with Crippen LogP contribution in [0.3, 0.4) is 0 Å². The number of amides is 1. The number of pyridine rings is 1. The molecule has 0 spiro atoms. The number of benzene rings is 1. The summed E-state index contributed by atoms with van der Waals surface area (Å²) in [4.78, 5) is 21.6. The van der Waals surface area contributed by atoms with Gasteiger partial charge in [-0.25, -0.2) is 9.98 Å². The predicted octanol–water partition coefficient (Wildman–Crippen LogP) is 4.19. The van der Waals surface area contributed by atoms with E-state index >= 15 is 0 Å². The van der Waals surface area contributed by atoms with Crippen LogP contribution in [0.4, 0.5) is 5.69 Å². The number of aryl methyl sites for hydroxylation is 1. The number of rotatable bonds is 2. The number of nitrogens with zero attached hydrogens (tertiary/aromatic N) is 3. The molecule has 0 unspecified atom stereocenters. The highest BCUT2D eigenvalue weighted by Crippen LogP contribution is 2.30. The molecule has 5 nitrogen and oxygen atoms in total. The molecule has 0 aliphatic carbocycles. The highest BCUT2D eigenvalue weighted by atomic mass is 35.5. The van der Waals surface area contributed by atoms with Crippen LogP contribution >= 0.6 is 23.4 Å². The van der Waals surface area contributed by atoms with Crippen LogP contribution in [0.15, 0.2) is 58.6 Å². The number of hydrogen-bond donors (Lipinski definition) is 1. The highest BCUT2D eigenvalue weighted by Gasteiger charge is 2.25. The summed E-state index contributed by atoms with van der Waals surface area (Å²) in [6, 6.07) is 13.4. The summed E-state index contributed by atoms with van der Waals surface area (Å²) in [7, 11) is 0. The Morgan fingerprint density at radius 3 is 3.00 bits per heavy atom. The average molecular weight is 369 g/mol. The molecule has 7 heteroatoms. The van der Waals surface area contributed by atoms with Crippen molar-refractivity contribution in [3.63, 3.8) is 0 Å². The number of thioether (sulfide) groups is 1. The maximum absolute atomic E-state index is 12.3. The van der Waals surface area contributed by atoms with Gasteiger partial charge in [0.25, 0.3) is 5.91 Å². The zero-order chi connectivity index (χ0) is 17.4. The van der Waals surface area contributed by atoms with Gasteiger partial charge in [0.1, 0.15) is 5.65 Å². The molecular formula is C18H13ClN4OS. The Kier molecular flexibility index (Phi) is 4.07. The van der Waals surface area contributed by atoms with Gasteiger partial charge in [-0.05, 0) is 54.6 Å². The topological polar surface area (TPSA) is 58.8 Å². The second kappa shape index (κ2) is 6.38. The van der Waals surface area contributed by atoms with Crippen molar-refractivity contribution in [2.24, 2.45) is 4.99 Å². The minimum absolute atomic E-state index is 0.196. The highest BCUT2D eigenvalue weighted by molar-refractivity contribution is 8.18. The maximum atomic E-state index is 12.3. The number of aromatic nitrogens is 2. The number of carbonyl (C=O) groups excluding carboxylic acids is 1. The second-order valence-corrected chi connectivity index (χ2v) is 6.93. The Morgan fingerprint density at radius 2 is 2.16 bits per heavy atom. The van der Waals surface area contributed by atoms with Crippen LogP contribution in [0.1, 0.15) is 11.3 Å². The first-order valence-corrected chi connectivity index (χ1v) is 8.78. The van der Waals surface area contributed by atoms with Crippen LogP contribution in [0.2, 0.25) is 5.15 Å². The Morgan fingerprint density at radius 1 is 1.28 bits per heavy atom. The zero-order valence-corrected chi connectivity index (χ0v) is 14.8. The minimum atomic E-state index is -0.196. The molecule has 0 bridgehead atoms. The number of nitrogens with one attached hydrogen (secondary N) is 1. The maximum Gasteiger partial charge on any atom is 0.264 e. The number of carbonyl (C=O) groups is 1. The fourth-order valence-corrected chi connectivity index (χ4v) is 3.58. The van der Waals surface area contributed by atoms with Crippen LogP contribution in [0.25, 0.3) is 11.7 Å². The molecule has 0 radical (unpaired) electrons. The molecular weight excluding hydrogens is 356 g/mol. The summed E-state index contributed by atoms with van der Waals surface area (Å²) in [6.45, 7) is 2.00. The standard InChI is InChI=1S/C18H13ClN4OS/c1-11-5-4-6-12(9-11)20-18-22-17(24)14(25-18)10-13-16(19)21-15-7-2-3-8-23(13)15/h2-10H,1H3,(H,20,22,24)/b14-10-. The van der Waals surface area contributed by atoms with Gasteiger partial charge in [0.2, 0.25) is 0 Å². The predicted molar refractivity (Wildman–Crippen MR) is 102 cm³/mol. The summed E-state index contributed by atoms with van der Waals surface area (Å²) in [6.07, 6.45) is 3.60. The first-order chi connectivity index (χ1) is 12.1. The van der Waals surface area contributed by atoms with E-state index in [1.807, 2.05) is 60.0 Å². The van der Waals surface area contributed by atoms with E-state index in [4.69, 9.17) is 11.6 Å². The van der Waals surface area contributed by atoms with Gasteiger partial charge in [-0.2, -0.15) is 0 Å². The lowest BCUT2D eigenvalue weighted by Crippen LogP contribution is -2.19. The molecule has 1 amide bonds. The van der Waals surface area contributed by atoms with Gasteiger partial charge in [0.05, 0.1) is 16.3 Å². The van der Waals surface area contributed by atoms with E-state index in [0.717, 1.165) is 16.9 Å². The monoisotopic (exact) mass is 368 g/mol. The summed E-state index contributed by atoms with van der Waals surface area (Å²) in [5.74, 6) is -0.196. The first-order valence-electron chi connectivity index (χ1n) is 7.59. The minimum Gasteiger partial charge on any atom is -0.300 e. The number of amidine groups is 1. The van der Waals surface area contributed by atoms with Crippen LogP contribution in [-0.4, -0.2) is 20.5 Å². The van der Waals surface area contributed by atoms with Gasteiger partial charge in [0, 0.05) is 6.20 Å². The van der Waals surface area contributed by atoms with E-state index < -0.39 is 0 Å². The van der Waals surface area contributed by atoms with E-state index in [-0.39, 0.29) is 5.91 Å². The quantitative estimate of drug-likeness (QED) is 0.690. The van der Waals surface area contributed by atoms with E-state index in [1.54, 1.807) is 6.08 Å². The molecule has 1 aromatic carbocycles. The van der Waals surface area contributed by atoms with Crippen LogP contribution in [0.5, 0.6) is 0 Å². The average Bonchev–Trinajstić information content (AvgIpc) is 3.08. The van der Waals surface area contributed by atoms with Gasteiger partial charge in [-0.1, -0.05) is 29.8 Å². The lowest BCUT2D eigenvalue weighted by atomic mass is 10.2. The normalized spacial score (nSPS) is 17.6. The van der Waals surface area contributed by atoms with Gasteiger partial charge < -0.3 is 5.32 Å².